The van der Waals surface area contributed by atoms with Crippen LogP contribution in [-0.4, -0.2) is 40.5 Å². The van der Waals surface area contributed by atoms with Gasteiger partial charge >= 0.3 is 5.97 Å². The second-order valence-corrected chi connectivity index (χ2v) is 8.78. The Morgan fingerprint density at radius 3 is 2.82 bits per heavy atom. The first kappa shape index (κ1) is 26.6. The maximum Gasteiger partial charge on any atom is 0.342 e. The molecule has 1 aliphatic heterocycles. The molecule has 3 N–H and O–H groups in total. The molecule has 7 nitrogen and oxygen atoms in total. The van der Waals surface area contributed by atoms with Gasteiger partial charge in [0.15, 0.2) is 0 Å². The highest BCUT2D eigenvalue weighted by Gasteiger charge is 2.25. The lowest BCUT2D eigenvalue weighted by molar-refractivity contribution is -0.121. The summed E-state index contributed by atoms with van der Waals surface area (Å²) in [5.41, 5.74) is 3.34. The third kappa shape index (κ3) is 9.38. The molecular weight excluding hydrogens is 420 g/mol. The molecule has 33 heavy (non-hydrogen) atoms. The van der Waals surface area contributed by atoms with Gasteiger partial charge in [-0.05, 0) is 36.8 Å². The second kappa shape index (κ2) is 14.5. The number of hydrazone groups is 1. The number of carbonyl (C=O) groups excluding carboxylic acids is 2. The first-order valence-electron chi connectivity index (χ1n) is 12.1. The number of rotatable bonds is 9. The summed E-state index contributed by atoms with van der Waals surface area (Å²) >= 11 is 0. The van der Waals surface area contributed by atoms with Crippen molar-refractivity contribution in [3.05, 3.63) is 41.5 Å². The first-order chi connectivity index (χ1) is 15.9. The minimum atomic E-state index is -0.665. The summed E-state index contributed by atoms with van der Waals surface area (Å²) in [4.78, 5) is 24.8. The molecule has 1 amide bonds. The number of hydrogen-bond donors (Lipinski definition) is 3. The van der Waals surface area contributed by atoms with Crippen molar-refractivity contribution in [1.82, 2.24) is 5.43 Å². The molecule has 1 aromatic rings. The van der Waals surface area contributed by atoms with Crippen LogP contribution in [0.3, 0.4) is 0 Å². The number of cyclic esters (lactones) is 1. The topological polar surface area (TPSA) is 108 Å². The zero-order valence-corrected chi connectivity index (χ0v) is 19.8. The van der Waals surface area contributed by atoms with Crippen molar-refractivity contribution in [2.45, 2.75) is 90.3 Å². The van der Waals surface area contributed by atoms with E-state index in [-0.39, 0.29) is 36.0 Å². The highest BCUT2D eigenvalue weighted by Crippen LogP contribution is 2.26. The maximum atomic E-state index is 12.9. The number of amides is 1. The molecule has 3 unspecified atom stereocenters. The summed E-state index contributed by atoms with van der Waals surface area (Å²) in [5.74, 6) is -0.908. The Bertz CT molecular complexity index is 821. The van der Waals surface area contributed by atoms with E-state index in [0.29, 0.717) is 24.8 Å². The average Bonchev–Trinajstić information content (AvgIpc) is 2.78. The van der Waals surface area contributed by atoms with Crippen LogP contribution in [0.25, 0.3) is 0 Å². The van der Waals surface area contributed by atoms with E-state index in [1.807, 2.05) is 19.1 Å². The average molecular weight is 459 g/mol. The van der Waals surface area contributed by atoms with Crippen LogP contribution in [0.15, 0.2) is 35.5 Å². The number of aliphatic hydroxyl groups excluding tert-OH is 1. The van der Waals surface area contributed by atoms with Crippen molar-refractivity contribution in [3.8, 4) is 5.75 Å². The van der Waals surface area contributed by atoms with Gasteiger partial charge in [0.25, 0.3) is 0 Å². The number of aliphatic hydroxyl groups is 1. The molecule has 0 spiro atoms. The summed E-state index contributed by atoms with van der Waals surface area (Å²) in [5, 5.41) is 24.8. The first-order valence-corrected chi connectivity index (χ1v) is 12.1. The number of nitrogens with zero attached hydrogens (tertiary/aromatic N) is 1. The molecule has 0 fully saturated rings. The lowest BCUT2D eigenvalue weighted by Crippen LogP contribution is -2.29. The van der Waals surface area contributed by atoms with Crippen LogP contribution in [0.1, 0.15) is 87.6 Å². The van der Waals surface area contributed by atoms with Gasteiger partial charge in [-0.15, -0.1) is 0 Å². The third-order valence-electron chi connectivity index (χ3n) is 5.94. The smallest absolute Gasteiger partial charge is 0.342 e. The standard InChI is InChI=1S/C26H38N2O5/c1-3-4-5-6-7-15-24(31)28-27-17-16-21-18-23(30)19(2)11-8-9-12-20-13-10-14-22(29)25(20)26(32)33-21/h8-10,13-14,17,19,21,23,29-30H,3-7,11-12,15-16,18H2,1-2H3,(H,28,31). The zero-order chi connectivity index (χ0) is 24.1. The minimum absolute atomic E-state index is 0.00475. The van der Waals surface area contributed by atoms with E-state index >= 15 is 0 Å². The van der Waals surface area contributed by atoms with Crippen LogP contribution in [0.4, 0.5) is 0 Å². The number of ether oxygens (including phenoxy) is 1. The Labute approximate surface area is 196 Å². The van der Waals surface area contributed by atoms with Crippen LogP contribution in [0.2, 0.25) is 0 Å². The maximum absolute atomic E-state index is 12.9. The van der Waals surface area contributed by atoms with Crippen LogP contribution < -0.4 is 5.43 Å². The van der Waals surface area contributed by atoms with Crippen molar-refractivity contribution < 1.29 is 24.5 Å². The van der Waals surface area contributed by atoms with E-state index in [1.54, 1.807) is 12.1 Å². The number of nitrogens with one attached hydrogen (secondary N) is 1. The van der Waals surface area contributed by atoms with E-state index in [0.717, 1.165) is 25.7 Å². The van der Waals surface area contributed by atoms with Gasteiger partial charge in [0.1, 0.15) is 17.4 Å². The monoisotopic (exact) mass is 458 g/mol. The highest BCUT2D eigenvalue weighted by atomic mass is 16.5. The predicted octanol–water partition coefficient (Wildman–Crippen LogP) is 4.66. The van der Waals surface area contributed by atoms with E-state index in [2.05, 4.69) is 17.5 Å². The summed E-state index contributed by atoms with van der Waals surface area (Å²) in [7, 11) is 0. The lowest BCUT2D eigenvalue weighted by Gasteiger charge is -2.24. The quantitative estimate of drug-likeness (QED) is 0.164. The molecule has 2 rings (SSSR count). The number of hydrogen-bond acceptors (Lipinski definition) is 6. The Morgan fingerprint density at radius 1 is 1.24 bits per heavy atom. The highest BCUT2D eigenvalue weighted by molar-refractivity contribution is 5.94. The Morgan fingerprint density at radius 2 is 2.03 bits per heavy atom. The number of phenols is 1. The van der Waals surface area contributed by atoms with Gasteiger partial charge < -0.3 is 14.9 Å². The van der Waals surface area contributed by atoms with Crippen LogP contribution >= 0.6 is 0 Å². The fourth-order valence-electron chi connectivity index (χ4n) is 3.81. The molecule has 1 aromatic carbocycles. The van der Waals surface area contributed by atoms with Crippen molar-refractivity contribution in [2.24, 2.45) is 11.0 Å². The van der Waals surface area contributed by atoms with Crippen molar-refractivity contribution in [2.75, 3.05) is 0 Å². The van der Waals surface area contributed by atoms with Gasteiger partial charge in [0.05, 0.1) is 6.10 Å². The molecule has 182 valence electrons. The van der Waals surface area contributed by atoms with E-state index in [9.17, 15) is 19.8 Å². The SMILES string of the molecule is CCCCCCCC(=O)NN=CCC1CC(O)C(C)CC=CCc2cccc(O)c2C(=O)O1. The van der Waals surface area contributed by atoms with Gasteiger partial charge in [0.2, 0.25) is 5.91 Å². The number of unbranched alkanes of at least 4 members (excludes halogenated alkanes) is 4. The Balaban J connectivity index is 2.00. The normalized spacial score (nSPS) is 21.7. The fraction of sp³-hybridized carbons (Fsp3) is 0.577. The Kier molecular flexibility index (Phi) is 11.7. The summed E-state index contributed by atoms with van der Waals surface area (Å²) in [6, 6.07) is 4.95. The predicted molar refractivity (Wildman–Crippen MR) is 129 cm³/mol. The molecule has 0 radical (unpaired) electrons. The van der Waals surface area contributed by atoms with Gasteiger partial charge in [0, 0.05) is 25.5 Å². The summed E-state index contributed by atoms with van der Waals surface area (Å²) < 4.78 is 5.67. The van der Waals surface area contributed by atoms with Gasteiger partial charge in [-0.1, -0.05) is 63.8 Å². The number of aromatic hydroxyl groups is 1. The van der Waals surface area contributed by atoms with Crippen LogP contribution in [0, 0.1) is 5.92 Å². The van der Waals surface area contributed by atoms with E-state index in [1.165, 1.54) is 18.7 Å². The van der Waals surface area contributed by atoms with Crippen LogP contribution in [-0.2, 0) is 16.0 Å². The number of allylic oxidation sites excluding steroid dienone is 2. The minimum Gasteiger partial charge on any atom is -0.507 e. The number of carbonyl (C=O) groups is 2. The molecule has 0 aromatic heterocycles. The number of phenolic OH excluding ortho intramolecular Hbond substituents is 1. The van der Waals surface area contributed by atoms with E-state index in [4.69, 9.17) is 4.74 Å². The Hall–Kier alpha value is -2.67. The molecule has 1 heterocycles. The second-order valence-electron chi connectivity index (χ2n) is 8.78. The van der Waals surface area contributed by atoms with Crippen molar-refractivity contribution in [1.29, 1.82) is 0 Å². The number of fused-ring (bicyclic) bond motifs is 1. The molecule has 0 saturated heterocycles. The fourth-order valence-corrected chi connectivity index (χ4v) is 3.81. The molecule has 0 aliphatic carbocycles. The van der Waals surface area contributed by atoms with Crippen molar-refractivity contribution >= 4 is 18.1 Å². The lowest BCUT2D eigenvalue weighted by atomic mass is 9.94. The largest absolute Gasteiger partial charge is 0.507 e. The molecule has 1 aliphatic rings. The van der Waals surface area contributed by atoms with Gasteiger partial charge in [-0.25, -0.2) is 10.2 Å². The van der Waals surface area contributed by atoms with Crippen molar-refractivity contribution in [3.63, 3.8) is 0 Å². The van der Waals surface area contributed by atoms with Gasteiger partial charge in [-0.3, -0.25) is 4.79 Å². The number of benzene rings is 1. The molecular formula is C26H38N2O5. The molecule has 0 saturated carbocycles. The molecule has 7 heteroatoms. The van der Waals surface area contributed by atoms with E-state index < -0.39 is 18.2 Å². The third-order valence-corrected chi connectivity index (χ3v) is 5.94. The zero-order valence-electron chi connectivity index (χ0n) is 19.8. The summed E-state index contributed by atoms with van der Waals surface area (Å²) in [6.45, 7) is 4.10. The van der Waals surface area contributed by atoms with Crippen LogP contribution in [0.5, 0.6) is 5.75 Å². The molecule has 3 atom stereocenters. The number of esters is 1. The van der Waals surface area contributed by atoms with Gasteiger partial charge in [-0.2, -0.15) is 5.10 Å². The summed E-state index contributed by atoms with van der Waals surface area (Å²) in [6.07, 6.45) is 11.6. The molecule has 0 bridgehead atoms.